The summed E-state index contributed by atoms with van der Waals surface area (Å²) in [4.78, 5) is 2.49. The lowest BCUT2D eigenvalue weighted by Gasteiger charge is -2.41. The van der Waals surface area contributed by atoms with Crippen molar-refractivity contribution >= 4 is 38.9 Å². The van der Waals surface area contributed by atoms with E-state index in [0.29, 0.717) is 0 Å². The zero-order chi connectivity index (χ0) is 59.1. The van der Waals surface area contributed by atoms with E-state index in [0.717, 1.165) is 101 Å². The summed E-state index contributed by atoms with van der Waals surface area (Å²) in [6.45, 7) is 0. The van der Waals surface area contributed by atoms with Crippen LogP contribution in [-0.2, 0) is 10.8 Å². The van der Waals surface area contributed by atoms with Crippen LogP contribution >= 0.6 is 0 Å². The summed E-state index contributed by atoms with van der Waals surface area (Å²) >= 11 is 0. The highest BCUT2D eigenvalue weighted by molar-refractivity contribution is 6.10. The predicted molar refractivity (Wildman–Crippen MR) is 367 cm³/mol. The van der Waals surface area contributed by atoms with E-state index in [4.69, 9.17) is 9.47 Å². The van der Waals surface area contributed by atoms with Gasteiger partial charge in [0.15, 0.2) is 0 Å². The molecule has 2 aliphatic carbocycles. The first-order valence-electron chi connectivity index (χ1n) is 31.1. The molecule has 0 atom stereocenters. The molecular weight excluding hydrogens is 1090 g/mol. The van der Waals surface area contributed by atoms with Gasteiger partial charge < -0.3 is 18.9 Å². The topological polar surface area (TPSA) is 26.6 Å². The number of anilines is 3. The highest BCUT2D eigenvalue weighted by atomic mass is 16.5. The highest BCUT2D eigenvalue weighted by Crippen LogP contribution is 2.65. The van der Waals surface area contributed by atoms with E-state index in [9.17, 15) is 0 Å². The summed E-state index contributed by atoms with van der Waals surface area (Å²) in [5.74, 6) is 3.34. The average molecular weight is 1150 g/mol. The number of aromatic nitrogens is 1. The quantitative estimate of drug-likeness (QED) is 0.159. The van der Waals surface area contributed by atoms with Crippen LogP contribution in [-0.4, -0.2) is 4.57 Å². The summed E-state index contributed by atoms with van der Waals surface area (Å²) in [5.41, 5.74) is 26.1. The molecule has 0 radical (unpaired) electrons. The Morgan fingerprint density at radius 1 is 0.244 bits per heavy atom. The van der Waals surface area contributed by atoms with E-state index in [1.807, 2.05) is 0 Å². The minimum atomic E-state index is -0.766. The lowest BCUT2D eigenvalue weighted by atomic mass is 9.65. The van der Waals surface area contributed by atoms with Crippen LogP contribution in [0, 0.1) is 0 Å². The Kier molecular flexibility index (Phi) is 10.9. The summed E-state index contributed by atoms with van der Waals surface area (Å²) in [6.07, 6.45) is 0. The van der Waals surface area contributed by atoms with Gasteiger partial charge in [0, 0.05) is 55.7 Å². The number of benzene rings is 14. The van der Waals surface area contributed by atoms with Crippen molar-refractivity contribution in [3.8, 4) is 84.3 Å². The zero-order valence-electron chi connectivity index (χ0n) is 48.9. The van der Waals surface area contributed by atoms with Crippen LogP contribution < -0.4 is 14.4 Å². The van der Waals surface area contributed by atoms with E-state index in [1.54, 1.807) is 0 Å². The predicted octanol–water partition coefficient (Wildman–Crippen LogP) is 22.2. The molecule has 14 aromatic carbocycles. The monoisotopic (exact) mass is 1150 g/mol. The maximum Gasteiger partial charge on any atom is 0.132 e. The maximum absolute atomic E-state index is 7.48. The molecule has 1 aromatic heterocycles. The molecule has 0 unspecified atom stereocenters. The van der Waals surface area contributed by atoms with Crippen LogP contribution in [0.1, 0.15) is 44.5 Å². The van der Waals surface area contributed by atoms with E-state index >= 15 is 0 Å². The smallest absolute Gasteiger partial charge is 0.132 e. The van der Waals surface area contributed by atoms with Gasteiger partial charge in [0.25, 0.3) is 0 Å². The van der Waals surface area contributed by atoms with Crippen molar-refractivity contribution in [2.75, 3.05) is 4.90 Å². The third-order valence-electron chi connectivity index (χ3n) is 19.7. The first kappa shape index (κ1) is 50.4. The van der Waals surface area contributed by atoms with Crippen LogP contribution in [0.5, 0.6) is 23.0 Å². The van der Waals surface area contributed by atoms with E-state index in [2.05, 4.69) is 337 Å². The van der Waals surface area contributed by atoms with Crippen molar-refractivity contribution in [1.29, 1.82) is 0 Å². The molecule has 0 bridgehead atoms. The van der Waals surface area contributed by atoms with Gasteiger partial charge in [0.2, 0.25) is 0 Å². The summed E-state index contributed by atoms with van der Waals surface area (Å²) in [5, 5.41) is 2.42. The zero-order valence-corrected chi connectivity index (χ0v) is 48.9. The fourth-order valence-corrected chi connectivity index (χ4v) is 16.1. The summed E-state index contributed by atoms with van der Waals surface area (Å²) in [6, 6.07) is 120. The van der Waals surface area contributed by atoms with Crippen molar-refractivity contribution in [1.82, 2.24) is 4.57 Å². The molecule has 4 nitrogen and oxygen atoms in total. The lowest BCUT2D eigenvalue weighted by molar-refractivity contribution is 0.436. The Labute approximate surface area is 522 Å². The van der Waals surface area contributed by atoms with Crippen molar-refractivity contribution in [2.45, 2.75) is 10.8 Å². The van der Waals surface area contributed by atoms with E-state index in [1.165, 1.54) is 66.3 Å². The van der Waals surface area contributed by atoms with E-state index in [-0.39, 0.29) is 0 Å². The minimum Gasteiger partial charge on any atom is -0.457 e. The van der Waals surface area contributed by atoms with E-state index < -0.39 is 10.8 Å². The SMILES string of the molecule is c1ccc(-c2ccccc2-c2ccccc2N(c2ccc3c(c2)C2(c4ccccc4O3)c3ccccc3-c3ccccc32)c2ccc3c(c2)C2(c4ccc(-c5ccc6c(c5)c5ccccc5n6-c5ccccc5)cc4O3)c3ccccc3-c3ccccc32)cc1. The normalized spacial score (nSPS) is 13.7. The molecule has 15 aromatic rings. The van der Waals surface area contributed by atoms with Gasteiger partial charge in [-0.3, -0.25) is 0 Å². The Balaban J connectivity index is 0.846. The third-order valence-corrected chi connectivity index (χ3v) is 19.7. The fraction of sp³-hybridized carbons (Fsp3) is 0.0233. The molecule has 19 rings (SSSR count). The van der Waals surface area contributed by atoms with Crippen molar-refractivity contribution in [2.24, 2.45) is 0 Å². The first-order valence-corrected chi connectivity index (χ1v) is 31.1. The average Bonchev–Trinajstić information content (AvgIpc) is 1.47. The first-order chi connectivity index (χ1) is 44.6. The molecule has 4 heteroatoms. The molecule has 0 amide bonds. The number of ether oxygens (including phenoxy) is 2. The highest BCUT2D eigenvalue weighted by Gasteiger charge is 2.53. The number of hydrogen-bond donors (Lipinski definition) is 0. The lowest BCUT2D eigenvalue weighted by Crippen LogP contribution is -2.33. The molecule has 0 N–H and O–H groups in total. The second-order valence-corrected chi connectivity index (χ2v) is 24.1. The van der Waals surface area contributed by atoms with Crippen LogP contribution in [0.3, 0.4) is 0 Å². The largest absolute Gasteiger partial charge is 0.457 e. The molecule has 0 saturated carbocycles. The van der Waals surface area contributed by atoms with Crippen LogP contribution in [0.4, 0.5) is 17.1 Å². The van der Waals surface area contributed by atoms with Gasteiger partial charge in [-0.2, -0.15) is 0 Å². The van der Waals surface area contributed by atoms with Gasteiger partial charge in [-0.1, -0.05) is 243 Å². The van der Waals surface area contributed by atoms with Gasteiger partial charge in [-0.25, -0.2) is 0 Å². The Bertz CT molecular complexity index is 5370. The number of fused-ring (bicyclic) bond motifs is 21. The van der Waals surface area contributed by atoms with Gasteiger partial charge in [0.1, 0.15) is 23.0 Å². The second kappa shape index (κ2) is 19.4. The molecule has 420 valence electrons. The second-order valence-electron chi connectivity index (χ2n) is 24.1. The van der Waals surface area contributed by atoms with Crippen LogP contribution in [0.15, 0.2) is 328 Å². The molecule has 2 spiro atoms. The van der Waals surface area contributed by atoms with Gasteiger partial charge in [0.05, 0.1) is 27.6 Å². The Morgan fingerprint density at radius 2 is 0.678 bits per heavy atom. The Hall–Kier alpha value is -11.7. The summed E-state index contributed by atoms with van der Waals surface area (Å²) < 4.78 is 16.9. The number of hydrogen-bond acceptors (Lipinski definition) is 3. The molecule has 3 heterocycles. The molecule has 0 saturated heterocycles. The van der Waals surface area contributed by atoms with Crippen molar-refractivity contribution < 1.29 is 9.47 Å². The van der Waals surface area contributed by atoms with Gasteiger partial charge in [-0.05, 0) is 157 Å². The minimum absolute atomic E-state index is 0.682. The Morgan fingerprint density at radius 3 is 1.30 bits per heavy atom. The maximum atomic E-state index is 7.48. The molecule has 4 aliphatic rings. The fourth-order valence-electron chi connectivity index (χ4n) is 16.1. The van der Waals surface area contributed by atoms with Crippen molar-refractivity contribution in [3.63, 3.8) is 0 Å². The van der Waals surface area contributed by atoms with Crippen LogP contribution in [0.25, 0.3) is 83.1 Å². The number of rotatable bonds is 7. The van der Waals surface area contributed by atoms with Gasteiger partial charge in [-0.15, -0.1) is 0 Å². The van der Waals surface area contributed by atoms with Crippen LogP contribution in [0.2, 0.25) is 0 Å². The summed E-state index contributed by atoms with van der Waals surface area (Å²) in [7, 11) is 0. The van der Waals surface area contributed by atoms with Crippen molar-refractivity contribution in [3.05, 3.63) is 372 Å². The number of para-hydroxylation sites is 4. The molecule has 90 heavy (non-hydrogen) atoms. The van der Waals surface area contributed by atoms with Gasteiger partial charge >= 0.3 is 0 Å². The number of nitrogens with zero attached hydrogens (tertiary/aromatic N) is 2. The molecule has 0 fully saturated rings. The standard InChI is InChI=1S/C86H54N2O2/c1-3-23-55(24-4-1)61-27-7-8-28-62(61)67-33-13-20-40-78(67)87(59-45-49-82-76(53-59)85(74-39-19-22-42-81(74)89-82)70-35-15-9-29-63(70)64-30-10-16-36-71(64)85)60-46-50-83-77(54-60)86(72-37-17-11-31-65(72)66-32-12-18-38-73(66)86)75-47-43-57(52-84(75)90-83)56-44-48-80-69(51-56)68-34-14-21-41-79(68)88(80)58-25-5-2-6-26-58/h1-54H. The molecular formula is C86H54N2O2. The molecule has 2 aliphatic heterocycles. The third kappa shape index (κ3) is 7.01.